The van der Waals surface area contributed by atoms with Crippen molar-refractivity contribution in [1.29, 1.82) is 0 Å². The van der Waals surface area contributed by atoms with Gasteiger partial charge >= 0.3 is 0 Å². The van der Waals surface area contributed by atoms with Crippen LogP contribution in [-0.4, -0.2) is 37.0 Å². The Bertz CT molecular complexity index is 665. The first-order chi connectivity index (χ1) is 12.7. The molecule has 140 valence electrons. The standard InChI is InChI=1S/C20H25FN2O3/c21-17-4-6-18(7-5-17)25-14-2-10-23-11-8-16(9-12-23)20(24)22-15-19-3-1-13-26-19/h1,3-7,13,16H,2,8-12,14-15H2,(H,22,24). The number of nitrogens with zero attached hydrogens (tertiary/aromatic N) is 1. The number of hydrogen-bond donors (Lipinski definition) is 1. The minimum absolute atomic E-state index is 0.0803. The third-order valence-corrected chi connectivity index (χ3v) is 4.68. The van der Waals surface area contributed by atoms with Gasteiger partial charge in [0.05, 0.1) is 19.4 Å². The Morgan fingerprint density at radius 1 is 1.23 bits per heavy atom. The van der Waals surface area contributed by atoms with Gasteiger partial charge in [-0.3, -0.25) is 4.79 Å². The number of likely N-dealkylation sites (tertiary alicyclic amines) is 1. The van der Waals surface area contributed by atoms with Crippen LogP contribution in [0.5, 0.6) is 5.75 Å². The molecule has 5 nitrogen and oxygen atoms in total. The van der Waals surface area contributed by atoms with Crippen LogP contribution in [0.3, 0.4) is 0 Å². The highest BCUT2D eigenvalue weighted by atomic mass is 19.1. The largest absolute Gasteiger partial charge is 0.494 e. The second kappa shape index (κ2) is 9.38. The highest BCUT2D eigenvalue weighted by Gasteiger charge is 2.24. The van der Waals surface area contributed by atoms with Gasteiger partial charge < -0.3 is 19.4 Å². The van der Waals surface area contributed by atoms with Crippen molar-refractivity contribution in [2.75, 3.05) is 26.2 Å². The number of rotatable bonds is 8. The molecule has 1 fully saturated rings. The summed E-state index contributed by atoms with van der Waals surface area (Å²) in [6.45, 7) is 3.86. The molecule has 0 spiro atoms. The average molecular weight is 360 g/mol. The molecule has 1 N–H and O–H groups in total. The van der Waals surface area contributed by atoms with Gasteiger partial charge in [0.25, 0.3) is 0 Å². The molecular formula is C20H25FN2O3. The molecule has 0 bridgehead atoms. The minimum atomic E-state index is -0.256. The number of piperidine rings is 1. The fourth-order valence-electron chi connectivity index (χ4n) is 3.16. The first kappa shape index (κ1) is 18.5. The molecule has 0 aliphatic carbocycles. The van der Waals surface area contributed by atoms with Gasteiger partial charge in [-0.15, -0.1) is 0 Å². The molecule has 6 heteroatoms. The number of carbonyl (C=O) groups is 1. The molecule has 1 saturated heterocycles. The summed E-state index contributed by atoms with van der Waals surface area (Å²) in [7, 11) is 0. The lowest BCUT2D eigenvalue weighted by Crippen LogP contribution is -2.40. The molecule has 0 radical (unpaired) electrons. The van der Waals surface area contributed by atoms with E-state index in [-0.39, 0.29) is 17.6 Å². The smallest absolute Gasteiger partial charge is 0.223 e. The van der Waals surface area contributed by atoms with Crippen molar-refractivity contribution in [3.8, 4) is 5.75 Å². The number of carbonyl (C=O) groups excluding carboxylic acids is 1. The number of amides is 1. The maximum absolute atomic E-state index is 12.8. The molecular weight excluding hydrogens is 335 g/mol. The van der Waals surface area contributed by atoms with E-state index in [1.54, 1.807) is 18.4 Å². The molecule has 2 aromatic rings. The van der Waals surface area contributed by atoms with E-state index >= 15 is 0 Å². The summed E-state index contributed by atoms with van der Waals surface area (Å²) in [6.07, 6.45) is 4.28. The number of halogens is 1. The van der Waals surface area contributed by atoms with Crippen LogP contribution in [-0.2, 0) is 11.3 Å². The minimum Gasteiger partial charge on any atom is -0.494 e. The van der Waals surface area contributed by atoms with Crippen LogP contribution in [0.4, 0.5) is 4.39 Å². The maximum Gasteiger partial charge on any atom is 0.223 e. The third-order valence-electron chi connectivity index (χ3n) is 4.68. The summed E-state index contributed by atoms with van der Waals surface area (Å²) < 4.78 is 23.7. The van der Waals surface area contributed by atoms with E-state index in [2.05, 4.69) is 10.2 Å². The number of furan rings is 1. The molecule has 2 heterocycles. The molecule has 1 aliphatic rings. The zero-order valence-corrected chi connectivity index (χ0v) is 14.8. The van der Waals surface area contributed by atoms with Crippen LogP contribution in [0, 0.1) is 11.7 Å². The molecule has 1 aromatic carbocycles. The Morgan fingerprint density at radius 2 is 2.00 bits per heavy atom. The molecule has 1 aliphatic heterocycles. The van der Waals surface area contributed by atoms with Crippen molar-refractivity contribution in [2.45, 2.75) is 25.8 Å². The van der Waals surface area contributed by atoms with Crippen molar-refractivity contribution in [3.05, 3.63) is 54.2 Å². The maximum atomic E-state index is 12.8. The van der Waals surface area contributed by atoms with Gasteiger partial charge in [-0.1, -0.05) is 0 Å². The zero-order valence-electron chi connectivity index (χ0n) is 14.8. The van der Waals surface area contributed by atoms with Gasteiger partial charge in [0.2, 0.25) is 5.91 Å². The van der Waals surface area contributed by atoms with Gasteiger partial charge in [-0.2, -0.15) is 0 Å². The third kappa shape index (κ3) is 5.59. The van der Waals surface area contributed by atoms with E-state index < -0.39 is 0 Å². The summed E-state index contributed by atoms with van der Waals surface area (Å²) in [5.41, 5.74) is 0. The summed E-state index contributed by atoms with van der Waals surface area (Å²) in [4.78, 5) is 14.6. The number of benzene rings is 1. The van der Waals surface area contributed by atoms with Crippen molar-refractivity contribution < 1.29 is 18.3 Å². The monoisotopic (exact) mass is 360 g/mol. The fourth-order valence-corrected chi connectivity index (χ4v) is 3.16. The fraction of sp³-hybridized carbons (Fsp3) is 0.450. The lowest BCUT2D eigenvalue weighted by atomic mass is 9.96. The van der Waals surface area contributed by atoms with Crippen LogP contribution < -0.4 is 10.1 Å². The van der Waals surface area contributed by atoms with E-state index in [4.69, 9.17) is 9.15 Å². The van der Waals surface area contributed by atoms with Crippen LogP contribution in [0.25, 0.3) is 0 Å². The predicted octanol–water partition coefficient (Wildman–Crippen LogP) is 3.22. The second-order valence-corrected chi connectivity index (χ2v) is 6.57. The van der Waals surface area contributed by atoms with Crippen LogP contribution in [0.2, 0.25) is 0 Å². The van der Waals surface area contributed by atoms with Gasteiger partial charge in [0, 0.05) is 12.5 Å². The lowest BCUT2D eigenvalue weighted by Gasteiger charge is -2.31. The molecule has 0 atom stereocenters. The molecule has 0 saturated carbocycles. The summed E-state index contributed by atoms with van der Waals surface area (Å²) in [5, 5.41) is 2.95. The van der Waals surface area contributed by atoms with Crippen LogP contribution in [0.15, 0.2) is 47.1 Å². The van der Waals surface area contributed by atoms with Crippen molar-refractivity contribution in [2.24, 2.45) is 5.92 Å². The molecule has 26 heavy (non-hydrogen) atoms. The van der Waals surface area contributed by atoms with Gasteiger partial charge in [0.1, 0.15) is 17.3 Å². The molecule has 0 unspecified atom stereocenters. The number of nitrogens with one attached hydrogen (secondary N) is 1. The SMILES string of the molecule is O=C(NCc1ccco1)C1CCN(CCCOc2ccc(F)cc2)CC1. The lowest BCUT2D eigenvalue weighted by molar-refractivity contribution is -0.126. The highest BCUT2D eigenvalue weighted by Crippen LogP contribution is 2.18. The van der Waals surface area contributed by atoms with Crippen molar-refractivity contribution >= 4 is 5.91 Å². The van der Waals surface area contributed by atoms with Gasteiger partial charge in [-0.05, 0) is 68.8 Å². The number of ether oxygens (including phenoxy) is 1. The van der Waals surface area contributed by atoms with Crippen molar-refractivity contribution in [1.82, 2.24) is 10.2 Å². The zero-order chi connectivity index (χ0) is 18.2. The predicted molar refractivity (Wildman–Crippen MR) is 96.2 cm³/mol. The Morgan fingerprint density at radius 3 is 2.69 bits per heavy atom. The molecule has 1 aromatic heterocycles. The van der Waals surface area contributed by atoms with Crippen LogP contribution in [0.1, 0.15) is 25.0 Å². The topological polar surface area (TPSA) is 54.7 Å². The van der Waals surface area contributed by atoms with E-state index in [0.717, 1.165) is 44.7 Å². The Kier molecular flexibility index (Phi) is 6.66. The van der Waals surface area contributed by atoms with Gasteiger partial charge in [-0.25, -0.2) is 4.39 Å². The normalized spacial score (nSPS) is 15.7. The molecule has 1 amide bonds. The highest BCUT2D eigenvalue weighted by molar-refractivity contribution is 5.78. The second-order valence-electron chi connectivity index (χ2n) is 6.57. The Labute approximate surface area is 153 Å². The first-order valence-electron chi connectivity index (χ1n) is 9.11. The first-order valence-corrected chi connectivity index (χ1v) is 9.11. The van der Waals surface area contributed by atoms with Gasteiger partial charge in [0.15, 0.2) is 0 Å². The Balaban J connectivity index is 1.28. The van der Waals surface area contributed by atoms with E-state index in [0.29, 0.717) is 18.9 Å². The van der Waals surface area contributed by atoms with E-state index in [1.165, 1.54) is 12.1 Å². The summed E-state index contributed by atoms with van der Waals surface area (Å²) in [6, 6.07) is 9.76. The molecule has 3 rings (SSSR count). The quantitative estimate of drug-likeness (QED) is 0.735. The van der Waals surface area contributed by atoms with Crippen molar-refractivity contribution in [3.63, 3.8) is 0 Å². The van der Waals surface area contributed by atoms with E-state index in [1.807, 2.05) is 12.1 Å². The number of hydrogen-bond acceptors (Lipinski definition) is 4. The van der Waals surface area contributed by atoms with E-state index in [9.17, 15) is 9.18 Å². The summed E-state index contributed by atoms with van der Waals surface area (Å²) in [5.74, 6) is 1.40. The van der Waals surface area contributed by atoms with Crippen LogP contribution >= 0.6 is 0 Å². The Hall–Kier alpha value is -2.34. The average Bonchev–Trinajstić information content (AvgIpc) is 3.19. The summed E-state index contributed by atoms with van der Waals surface area (Å²) >= 11 is 0.